The van der Waals surface area contributed by atoms with E-state index in [0.29, 0.717) is 17.4 Å². The molecule has 26 heavy (non-hydrogen) atoms. The predicted molar refractivity (Wildman–Crippen MR) is 118 cm³/mol. The fourth-order valence-corrected chi connectivity index (χ4v) is 2.29. The van der Waals surface area contributed by atoms with Crippen molar-refractivity contribution in [1.29, 1.82) is 0 Å². The molecule has 0 saturated heterocycles. The number of hydrogen-bond donors (Lipinski definition) is 0. The van der Waals surface area contributed by atoms with Gasteiger partial charge in [0.2, 0.25) is 0 Å². The van der Waals surface area contributed by atoms with Gasteiger partial charge in [0.15, 0.2) is 5.78 Å². The number of ketones is 1. The van der Waals surface area contributed by atoms with E-state index in [1.54, 1.807) is 6.92 Å². The zero-order chi connectivity index (χ0) is 20.9. The van der Waals surface area contributed by atoms with Gasteiger partial charge in [-0.1, -0.05) is 86.4 Å². The molecule has 0 aliphatic carbocycles. The SMILES string of the molecule is C=C(C(C)C)N1C=CC(Cl)=C/C1=C(/CC)C(C)=O.CC.CCC(C)CC. The van der Waals surface area contributed by atoms with Crippen molar-refractivity contribution >= 4 is 17.4 Å². The van der Waals surface area contributed by atoms with Gasteiger partial charge in [-0.3, -0.25) is 4.79 Å². The maximum Gasteiger partial charge on any atom is 0.157 e. The molecule has 150 valence electrons. The molecule has 0 aromatic rings. The Labute approximate surface area is 167 Å². The van der Waals surface area contributed by atoms with Crippen LogP contribution in [-0.4, -0.2) is 10.7 Å². The van der Waals surface area contributed by atoms with Crippen molar-refractivity contribution < 1.29 is 4.79 Å². The van der Waals surface area contributed by atoms with Gasteiger partial charge in [-0.2, -0.15) is 0 Å². The fraction of sp³-hybridized carbons (Fsp3) is 0.609. The van der Waals surface area contributed by atoms with Crippen molar-refractivity contribution in [3.05, 3.63) is 46.9 Å². The summed E-state index contributed by atoms with van der Waals surface area (Å²) in [5.74, 6) is 1.31. The van der Waals surface area contributed by atoms with Crippen molar-refractivity contribution in [3.63, 3.8) is 0 Å². The third kappa shape index (κ3) is 9.43. The standard InChI is InChI=1S/C15H20ClNO.C6H14.C2H6/c1-6-14(12(5)18)15-9-13(16)7-8-17(15)11(4)10(2)3;1-4-6(3)5-2;1-2/h7-10H,4,6H2,1-3,5H3;6H,4-5H2,1-3H3;1-2H3/b15-14+;;. The van der Waals surface area contributed by atoms with E-state index >= 15 is 0 Å². The molecule has 1 aliphatic rings. The third-order valence-electron chi connectivity index (χ3n) is 4.37. The van der Waals surface area contributed by atoms with Crippen molar-refractivity contribution in [2.75, 3.05) is 0 Å². The molecule has 1 heterocycles. The average molecular weight is 382 g/mol. The summed E-state index contributed by atoms with van der Waals surface area (Å²) in [7, 11) is 0. The van der Waals surface area contributed by atoms with Gasteiger partial charge in [-0.15, -0.1) is 0 Å². The van der Waals surface area contributed by atoms with Gasteiger partial charge in [0.1, 0.15) is 0 Å². The van der Waals surface area contributed by atoms with Crippen LogP contribution in [0.2, 0.25) is 0 Å². The number of rotatable bonds is 6. The van der Waals surface area contributed by atoms with Crippen LogP contribution in [0, 0.1) is 11.8 Å². The summed E-state index contributed by atoms with van der Waals surface area (Å²) in [5.41, 5.74) is 2.57. The minimum absolute atomic E-state index is 0.0741. The Morgan fingerprint density at radius 3 is 1.96 bits per heavy atom. The van der Waals surface area contributed by atoms with Crippen LogP contribution in [0.4, 0.5) is 0 Å². The molecule has 1 rings (SSSR count). The summed E-state index contributed by atoms with van der Waals surface area (Å²) in [6.45, 7) is 22.5. The monoisotopic (exact) mass is 381 g/mol. The summed E-state index contributed by atoms with van der Waals surface area (Å²) in [5, 5.41) is 0.630. The lowest BCUT2D eigenvalue weighted by Crippen LogP contribution is -2.22. The Balaban J connectivity index is 0. The predicted octanol–water partition coefficient (Wildman–Crippen LogP) is 7.83. The number of halogens is 1. The van der Waals surface area contributed by atoms with E-state index in [-0.39, 0.29) is 5.78 Å². The van der Waals surface area contributed by atoms with E-state index in [4.69, 9.17) is 11.6 Å². The molecule has 0 fully saturated rings. The van der Waals surface area contributed by atoms with Crippen LogP contribution < -0.4 is 0 Å². The number of nitrogens with zero attached hydrogens (tertiary/aromatic N) is 1. The van der Waals surface area contributed by atoms with Crippen LogP contribution in [0.25, 0.3) is 0 Å². The summed E-state index contributed by atoms with van der Waals surface area (Å²) in [6, 6.07) is 0. The molecular weight excluding hydrogens is 342 g/mol. The quantitative estimate of drug-likeness (QED) is 0.437. The second-order valence-electron chi connectivity index (χ2n) is 6.56. The zero-order valence-electron chi connectivity index (χ0n) is 18.4. The summed E-state index contributed by atoms with van der Waals surface area (Å²) in [4.78, 5) is 13.7. The van der Waals surface area contributed by atoms with Crippen LogP contribution in [0.3, 0.4) is 0 Å². The number of Topliss-reactive ketones (excluding diaryl/α,β-unsaturated/α-hetero) is 1. The molecule has 0 atom stereocenters. The number of carbonyl (C=O) groups excluding carboxylic acids is 1. The van der Waals surface area contributed by atoms with Crippen LogP contribution in [-0.2, 0) is 4.79 Å². The Bertz CT molecular complexity index is 522. The van der Waals surface area contributed by atoms with Crippen LogP contribution in [0.15, 0.2) is 46.9 Å². The van der Waals surface area contributed by atoms with Crippen LogP contribution in [0.5, 0.6) is 0 Å². The topological polar surface area (TPSA) is 20.3 Å². The highest BCUT2D eigenvalue weighted by Crippen LogP contribution is 2.29. The second kappa shape index (κ2) is 14.8. The summed E-state index contributed by atoms with van der Waals surface area (Å²) >= 11 is 6.04. The lowest BCUT2D eigenvalue weighted by Gasteiger charge is -2.30. The minimum atomic E-state index is 0.0741. The van der Waals surface area contributed by atoms with Gasteiger partial charge < -0.3 is 4.90 Å². The molecule has 0 bridgehead atoms. The summed E-state index contributed by atoms with van der Waals surface area (Å²) < 4.78 is 0. The molecule has 0 aromatic carbocycles. The second-order valence-corrected chi connectivity index (χ2v) is 6.99. The normalized spacial score (nSPS) is 14.9. The first kappa shape index (κ1) is 26.9. The van der Waals surface area contributed by atoms with Crippen molar-refractivity contribution in [1.82, 2.24) is 4.90 Å². The molecule has 2 nitrogen and oxygen atoms in total. The van der Waals surface area contributed by atoms with Crippen molar-refractivity contribution in [2.24, 2.45) is 11.8 Å². The number of carbonyl (C=O) groups is 1. The molecule has 0 saturated carbocycles. The Hall–Kier alpha value is -1.28. The molecule has 0 unspecified atom stereocenters. The fourth-order valence-electron chi connectivity index (χ4n) is 2.13. The van der Waals surface area contributed by atoms with Gasteiger partial charge in [-0.25, -0.2) is 0 Å². The summed E-state index contributed by atoms with van der Waals surface area (Å²) in [6.07, 6.45) is 8.86. The third-order valence-corrected chi connectivity index (χ3v) is 4.61. The maximum atomic E-state index is 11.7. The van der Waals surface area contributed by atoms with E-state index in [0.717, 1.165) is 22.9 Å². The van der Waals surface area contributed by atoms with Gasteiger partial charge in [-0.05, 0) is 37.3 Å². The van der Waals surface area contributed by atoms with E-state index < -0.39 is 0 Å². The molecule has 0 aromatic heterocycles. The van der Waals surface area contributed by atoms with Gasteiger partial charge in [0.05, 0.1) is 5.70 Å². The average Bonchev–Trinajstić information content (AvgIpc) is 2.63. The van der Waals surface area contributed by atoms with E-state index in [1.165, 1.54) is 12.8 Å². The molecular formula is C23H40ClNO. The van der Waals surface area contributed by atoms with Gasteiger partial charge >= 0.3 is 0 Å². The Morgan fingerprint density at radius 1 is 1.15 bits per heavy atom. The first-order chi connectivity index (χ1) is 12.2. The lowest BCUT2D eigenvalue weighted by molar-refractivity contribution is -0.113. The molecule has 1 aliphatic heterocycles. The highest BCUT2D eigenvalue weighted by atomic mass is 35.5. The van der Waals surface area contributed by atoms with Gasteiger partial charge in [0.25, 0.3) is 0 Å². The smallest absolute Gasteiger partial charge is 0.157 e. The van der Waals surface area contributed by atoms with Crippen LogP contribution >= 0.6 is 11.6 Å². The maximum absolute atomic E-state index is 11.7. The largest absolute Gasteiger partial charge is 0.321 e. The van der Waals surface area contributed by atoms with Gasteiger partial charge in [0, 0.05) is 22.5 Å². The lowest BCUT2D eigenvalue weighted by atomic mass is 10.0. The number of hydrogen-bond acceptors (Lipinski definition) is 2. The van der Waals surface area contributed by atoms with E-state index in [1.807, 2.05) is 44.0 Å². The molecule has 0 spiro atoms. The zero-order valence-corrected chi connectivity index (χ0v) is 19.2. The van der Waals surface area contributed by atoms with Crippen molar-refractivity contribution in [3.8, 4) is 0 Å². The number of allylic oxidation sites excluding steroid dienone is 5. The first-order valence-corrected chi connectivity index (χ1v) is 10.3. The molecule has 0 amide bonds. The highest BCUT2D eigenvalue weighted by Gasteiger charge is 2.20. The minimum Gasteiger partial charge on any atom is -0.321 e. The molecule has 3 heteroatoms. The molecule has 0 radical (unpaired) electrons. The Kier molecular flexibility index (Phi) is 15.4. The van der Waals surface area contributed by atoms with Crippen LogP contribution in [0.1, 0.15) is 81.6 Å². The van der Waals surface area contributed by atoms with E-state index in [9.17, 15) is 4.79 Å². The van der Waals surface area contributed by atoms with E-state index in [2.05, 4.69) is 41.2 Å². The highest BCUT2D eigenvalue weighted by molar-refractivity contribution is 6.31. The first-order valence-electron chi connectivity index (χ1n) is 9.96. The van der Waals surface area contributed by atoms with Crippen molar-refractivity contribution in [2.45, 2.75) is 81.6 Å². The molecule has 0 N–H and O–H groups in total. The Morgan fingerprint density at radius 2 is 1.65 bits per heavy atom.